The lowest BCUT2D eigenvalue weighted by Crippen LogP contribution is -2.12. The van der Waals surface area contributed by atoms with Crippen LogP contribution < -0.4 is 10.1 Å². The lowest BCUT2D eigenvalue weighted by atomic mass is 10.2. The molecular formula is C15H13ClINO2. The van der Waals surface area contributed by atoms with Crippen molar-refractivity contribution in [3.63, 3.8) is 0 Å². The Morgan fingerprint density at radius 2 is 2.00 bits per heavy atom. The number of methoxy groups -OCH3 is 1. The lowest BCUT2D eigenvalue weighted by Gasteiger charge is -2.08. The first-order chi connectivity index (χ1) is 9.51. The molecule has 0 saturated carbocycles. The minimum Gasteiger partial charge on any atom is -0.496 e. The van der Waals surface area contributed by atoms with Crippen molar-refractivity contribution < 1.29 is 9.53 Å². The summed E-state index contributed by atoms with van der Waals surface area (Å²) in [6.07, 6.45) is 0. The third-order valence-corrected chi connectivity index (χ3v) is 4.09. The Morgan fingerprint density at radius 1 is 1.25 bits per heavy atom. The van der Waals surface area contributed by atoms with Gasteiger partial charge in [-0.1, -0.05) is 17.7 Å². The van der Waals surface area contributed by atoms with Crippen LogP contribution in [-0.2, 0) is 0 Å². The second kappa shape index (κ2) is 6.45. The van der Waals surface area contributed by atoms with E-state index in [4.69, 9.17) is 16.3 Å². The summed E-state index contributed by atoms with van der Waals surface area (Å²) in [5.41, 5.74) is 2.23. The predicted molar refractivity (Wildman–Crippen MR) is 89.9 cm³/mol. The molecule has 0 unspecified atom stereocenters. The van der Waals surface area contributed by atoms with Crippen molar-refractivity contribution in [2.45, 2.75) is 6.92 Å². The number of anilines is 1. The highest BCUT2D eigenvalue weighted by Crippen LogP contribution is 2.23. The summed E-state index contributed by atoms with van der Waals surface area (Å²) in [6, 6.07) is 10.7. The van der Waals surface area contributed by atoms with Crippen molar-refractivity contribution in [3.05, 3.63) is 56.1 Å². The summed E-state index contributed by atoms with van der Waals surface area (Å²) >= 11 is 8.17. The second-order valence-corrected chi connectivity index (χ2v) is 5.84. The molecule has 0 aromatic heterocycles. The summed E-state index contributed by atoms with van der Waals surface area (Å²) in [5, 5.41) is 3.46. The highest BCUT2D eigenvalue weighted by atomic mass is 127. The van der Waals surface area contributed by atoms with E-state index in [1.807, 2.05) is 19.1 Å². The maximum atomic E-state index is 12.2. The van der Waals surface area contributed by atoms with Gasteiger partial charge in [0.15, 0.2) is 0 Å². The fourth-order valence-electron chi connectivity index (χ4n) is 1.68. The zero-order chi connectivity index (χ0) is 14.7. The van der Waals surface area contributed by atoms with E-state index < -0.39 is 0 Å². The normalized spacial score (nSPS) is 10.2. The van der Waals surface area contributed by atoms with Gasteiger partial charge < -0.3 is 10.1 Å². The molecule has 0 aliphatic rings. The van der Waals surface area contributed by atoms with Crippen LogP contribution in [0, 0.1) is 10.5 Å². The van der Waals surface area contributed by atoms with E-state index >= 15 is 0 Å². The Morgan fingerprint density at radius 3 is 2.60 bits per heavy atom. The van der Waals surface area contributed by atoms with E-state index in [0.29, 0.717) is 16.3 Å². The van der Waals surface area contributed by atoms with Gasteiger partial charge in [-0.2, -0.15) is 0 Å². The molecule has 0 heterocycles. The number of nitrogens with one attached hydrogen (secondary N) is 1. The van der Waals surface area contributed by atoms with E-state index in [9.17, 15) is 4.79 Å². The smallest absolute Gasteiger partial charge is 0.255 e. The number of halogens is 2. The van der Waals surface area contributed by atoms with E-state index in [1.54, 1.807) is 31.4 Å². The summed E-state index contributed by atoms with van der Waals surface area (Å²) in [5.74, 6) is 0.575. The molecule has 20 heavy (non-hydrogen) atoms. The molecule has 2 rings (SSSR count). The second-order valence-electron chi connectivity index (χ2n) is 4.27. The van der Waals surface area contributed by atoms with Gasteiger partial charge >= 0.3 is 0 Å². The molecule has 0 saturated heterocycles. The van der Waals surface area contributed by atoms with Crippen LogP contribution in [0.5, 0.6) is 5.75 Å². The van der Waals surface area contributed by atoms with Gasteiger partial charge in [0.05, 0.1) is 10.7 Å². The summed E-state index contributed by atoms with van der Waals surface area (Å²) in [6.45, 7) is 1.92. The molecule has 1 amide bonds. The van der Waals surface area contributed by atoms with Crippen LogP contribution >= 0.6 is 34.2 Å². The highest BCUT2D eigenvalue weighted by molar-refractivity contribution is 14.1. The number of carbonyl (C=O) groups is 1. The maximum Gasteiger partial charge on any atom is 0.255 e. The molecular weight excluding hydrogens is 389 g/mol. The van der Waals surface area contributed by atoms with Gasteiger partial charge in [0.2, 0.25) is 0 Å². The van der Waals surface area contributed by atoms with Crippen LogP contribution in [0.2, 0.25) is 5.02 Å². The monoisotopic (exact) mass is 401 g/mol. The molecule has 0 radical (unpaired) electrons. The lowest BCUT2D eigenvalue weighted by molar-refractivity contribution is 0.102. The quantitative estimate of drug-likeness (QED) is 0.768. The van der Waals surface area contributed by atoms with Crippen LogP contribution in [0.15, 0.2) is 36.4 Å². The topological polar surface area (TPSA) is 38.3 Å². The van der Waals surface area contributed by atoms with E-state index in [-0.39, 0.29) is 5.91 Å². The van der Waals surface area contributed by atoms with Crippen LogP contribution in [0.4, 0.5) is 5.69 Å². The van der Waals surface area contributed by atoms with Gasteiger partial charge in [-0.05, 0) is 65.4 Å². The third kappa shape index (κ3) is 3.43. The van der Waals surface area contributed by atoms with E-state index in [0.717, 1.165) is 14.9 Å². The fourth-order valence-corrected chi connectivity index (χ4v) is 2.60. The van der Waals surface area contributed by atoms with Crippen LogP contribution in [0.1, 0.15) is 15.9 Å². The first kappa shape index (κ1) is 15.1. The zero-order valence-corrected chi connectivity index (χ0v) is 13.9. The number of amides is 1. The van der Waals surface area contributed by atoms with Crippen molar-refractivity contribution in [3.8, 4) is 5.75 Å². The Hall–Kier alpha value is -1.27. The number of rotatable bonds is 3. The molecule has 2 aromatic carbocycles. The third-order valence-electron chi connectivity index (χ3n) is 2.84. The van der Waals surface area contributed by atoms with Gasteiger partial charge in [-0.15, -0.1) is 0 Å². The van der Waals surface area contributed by atoms with Gasteiger partial charge in [0.1, 0.15) is 5.75 Å². The van der Waals surface area contributed by atoms with Crippen molar-refractivity contribution in [1.29, 1.82) is 0 Å². The minimum absolute atomic E-state index is 0.175. The maximum absolute atomic E-state index is 12.2. The van der Waals surface area contributed by atoms with Gasteiger partial charge in [-0.3, -0.25) is 4.79 Å². The first-order valence-corrected chi connectivity index (χ1v) is 7.38. The number of hydrogen-bond donors (Lipinski definition) is 1. The largest absolute Gasteiger partial charge is 0.496 e. The van der Waals surface area contributed by atoms with Crippen LogP contribution in [-0.4, -0.2) is 13.0 Å². The number of aryl methyl sites for hydroxylation is 1. The molecule has 0 bridgehead atoms. The number of carbonyl (C=O) groups excluding carboxylic acids is 1. The van der Waals surface area contributed by atoms with Crippen molar-refractivity contribution >= 4 is 45.8 Å². The summed E-state index contributed by atoms with van der Waals surface area (Å²) in [7, 11) is 1.60. The Kier molecular flexibility index (Phi) is 4.88. The summed E-state index contributed by atoms with van der Waals surface area (Å²) in [4.78, 5) is 12.2. The molecule has 0 aliphatic heterocycles. The number of ether oxygens (including phenoxy) is 1. The molecule has 2 aromatic rings. The number of benzene rings is 2. The van der Waals surface area contributed by atoms with Crippen LogP contribution in [0.25, 0.3) is 0 Å². The average Bonchev–Trinajstić information content (AvgIpc) is 2.42. The highest BCUT2D eigenvalue weighted by Gasteiger charge is 2.09. The molecule has 5 heteroatoms. The number of hydrogen-bond acceptors (Lipinski definition) is 2. The predicted octanol–water partition coefficient (Wildman–Crippen LogP) is 4.51. The first-order valence-electron chi connectivity index (χ1n) is 5.92. The molecule has 0 fully saturated rings. The van der Waals surface area contributed by atoms with Crippen LogP contribution in [0.3, 0.4) is 0 Å². The molecule has 104 valence electrons. The SMILES string of the molecule is COc1ccc(C(=O)Nc2ccc(C)c(Cl)c2)cc1I. The Balaban J connectivity index is 2.19. The molecule has 0 atom stereocenters. The van der Waals surface area contributed by atoms with Gasteiger partial charge in [-0.25, -0.2) is 0 Å². The van der Waals surface area contributed by atoms with Gasteiger partial charge in [0, 0.05) is 16.3 Å². The minimum atomic E-state index is -0.175. The van der Waals surface area contributed by atoms with Crippen molar-refractivity contribution in [2.24, 2.45) is 0 Å². The van der Waals surface area contributed by atoms with Gasteiger partial charge in [0.25, 0.3) is 5.91 Å². The van der Waals surface area contributed by atoms with Crippen molar-refractivity contribution in [2.75, 3.05) is 12.4 Å². The van der Waals surface area contributed by atoms with Crippen molar-refractivity contribution in [1.82, 2.24) is 0 Å². The average molecular weight is 402 g/mol. The Labute approximate surface area is 136 Å². The zero-order valence-electron chi connectivity index (χ0n) is 11.0. The molecule has 0 aliphatic carbocycles. The molecule has 0 spiro atoms. The van der Waals surface area contributed by atoms with E-state index in [2.05, 4.69) is 27.9 Å². The Bertz CT molecular complexity index is 658. The van der Waals surface area contributed by atoms with E-state index in [1.165, 1.54) is 0 Å². The summed E-state index contributed by atoms with van der Waals surface area (Å²) < 4.78 is 6.06. The molecule has 1 N–H and O–H groups in total. The standard InChI is InChI=1S/C15H13ClINO2/c1-9-3-5-11(8-12(9)16)18-15(19)10-4-6-14(20-2)13(17)7-10/h3-8H,1-2H3,(H,18,19). The molecule has 3 nitrogen and oxygen atoms in total. The fraction of sp³-hybridized carbons (Fsp3) is 0.133.